The molecule has 61 heavy (non-hydrogen) atoms. The minimum absolute atomic E-state index is 0.0356. The van der Waals surface area contributed by atoms with E-state index in [-0.39, 0.29) is 25.5 Å². The van der Waals surface area contributed by atoms with E-state index in [4.69, 9.17) is 9.05 Å². The van der Waals surface area contributed by atoms with Crippen LogP contribution in [0.15, 0.2) is 85.1 Å². The molecule has 0 aromatic rings. The van der Waals surface area contributed by atoms with Crippen molar-refractivity contribution in [1.29, 1.82) is 0 Å². The molecule has 0 spiro atoms. The Balaban J connectivity index is 4.46. The van der Waals surface area contributed by atoms with Crippen molar-refractivity contribution < 1.29 is 32.9 Å². The molecule has 0 aromatic carbocycles. The third-order valence-corrected chi connectivity index (χ3v) is 11.4. The van der Waals surface area contributed by atoms with Gasteiger partial charge in [-0.2, -0.15) is 0 Å². The molecule has 9 heteroatoms. The summed E-state index contributed by atoms with van der Waals surface area (Å²) in [5.74, 6) is -0.316. The zero-order chi connectivity index (χ0) is 45.0. The smallest absolute Gasteiger partial charge is 0.387 e. The Bertz CT molecular complexity index is 1260. The van der Waals surface area contributed by atoms with Gasteiger partial charge in [0, 0.05) is 6.42 Å². The maximum absolute atomic E-state index is 12.8. The predicted octanol–water partition coefficient (Wildman–Crippen LogP) is 14.1. The van der Waals surface area contributed by atoms with Crippen LogP contribution in [-0.2, 0) is 18.4 Å². The first-order chi connectivity index (χ1) is 29.5. The third-order valence-electron chi connectivity index (χ3n) is 10.4. The lowest BCUT2D eigenvalue weighted by molar-refractivity contribution is -0.870. The highest BCUT2D eigenvalue weighted by Crippen LogP contribution is 2.43. The highest BCUT2D eigenvalue weighted by Gasteiger charge is 2.27. The number of likely N-dealkylation sites (N-methyl/N-ethyl adjacent to an activating group) is 1. The van der Waals surface area contributed by atoms with Gasteiger partial charge >= 0.3 is 7.82 Å². The second-order valence-corrected chi connectivity index (χ2v) is 18.9. The molecule has 0 radical (unpaired) electrons. The average Bonchev–Trinajstić information content (AvgIpc) is 3.21. The summed E-state index contributed by atoms with van der Waals surface area (Å²) in [6.07, 6.45) is 60.0. The van der Waals surface area contributed by atoms with Crippen LogP contribution in [0.2, 0.25) is 0 Å². The number of amides is 1. The standard InChI is InChI=1S/C52H93N2O6P/c1-6-8-10-12-14-16-18-20-22-23-24-25-26-27-28-29-30-32-33-35-37-39-41-43-45-51(55)50(49-60-61(57,58)59-48-47-54(3,4)5)53-52(56)46-44-42-40-38-36-34-31-21-19-17-15-13-11-9-7-2/h9,11,15,17,21,31,35-38,42-45,50-51,55H,6-8,10,12-14,16,18-20,22-30,32-34,39-41,46-49H2,1-5H3,(H-,53,56,57,58)/p+1/b11-9-,17-15-,31-21-,37-35+,38-36-,44-42-,45-43+. The number of phosphoric ester groups is 1. The van der Waals surface area contributed by atoms with Crippen molar-refractivity contribution in [2.24, 2.45) is 0 Å². The maximum Gasteiger partial charge on any atom is 0.472 e. The van der Waals surface area contributed by atoms with Gasteiger partial charge in [0.25, 0.3) is 0 Å². The molecule has 0 aliphatic rings. The molecule has 0 bridgehead atoms. The molecular weight excluding hydrogens is 780 g/mol. The molecule has 0 saturated heterocycles. The number of hydrogen-bond donors (Lipinski definition) is 3. The van der Waals surface area contributed by atoms with Gasteiger partial charge in [0.15, 0.2) is 0 Å². The number of carbonyl (C=O) groups excluding carboxylic acids is 1. The molecule has 3 N–H and O–H groups in total. The number of allylic oxidation sites excluding steroid dienone is 12. The molecule has 0 heterocycles. The molecule has 0 aliphatic carbocycles. The van der Waals surface area contributed by atoms with Crippen molar-refractivity contribution in [2.45, 2.75) is 199 Å². The van der Waals surface area contributed by atoms with Crippen LogP contribution < -0.4 is 5.32 Å². The summed E-state index contributed by atoms with van der Waals surface area (Å²) in [5.41, 5.74) is 0. The van der Waals surface area contributed by atoms with E-state index in [9.17, 15) is 19.4 Å². The fraction of sp³-hybridized carbons (Fsp3) is 0.712. The number of aliphatic hydroxyl groups excluding tert-OH is 1. The Kier molecular flexibility index (Phi) is 41.3. The molecule has 1 amide bonds. The first-order valence-corrected chi connectivity index (χ1v) is 26.0. The number of nitrogens with one attached hydrogen (secondary N) is 1. The van der Waals surface area contributed by atoms with Crippen molar-refractivity contribution in [3.8, 4) is 0 Å². The number of carbonyl (C=O) groups is 1. The number of quaternary nitrogens is 1. The summed E-state index contributed by atoms with van der Waals surface area (Å²) in [5, 5.41) is 13.7. The molecule has 352 valence electrons. The largest absolute Gasteiger partial charge is 0.472 e. The van der Waals surface area contributed by atoms with E-state index in [1.807, 2.05) is 33.3 Å². The second-order valence-electron chi connectivity index (χ2n) is 17.5. The van der Waals surface area contributed by atoms with Crippen LogP contribution in [0, 0.1) is 0 Å². The molecule has 3 unspecified atom stereocenters. The normalized spacial score (nSPS) is 14.9. The van der Waals surface area contributed by atoms with E-state index in [0.29, 0.717) is 17.4 Å². The van der Waals surface area contributed by atoms with Crippen molar-refractivity contribution in [1.82, 2.24) is 5.32 Å². The molecular formula is C52H94N2O6P+. The Morgan fingerprint density at radius 2 is 1.00 bits per heavy atom. The first-order valence-electron chi connectivity index (χ1n) is 24.5. The zero-order valence-electron chi connectivity index (χ0n) is 39.9. The van der Waals surface area contributed by atoms with Crippen LogP contribution in [0.4, 0.5) is 0 Å². The highest BCUT2D eigenvalue weighted by molar-refractivity contribution is 7.47. The van der Waals surface area contributed by atoms with E-state index in [0.717, 1.165) is 44.9 Å². The van der Waals surface area contributed by atoms with Crippen LogP contribution in [-0.4, -0.2) is 73.4 Å². The molecule has 0 aromatic heterocycles. The number of phosphoric acid groups is 1. The van der Waals surface area contributed by atoms with Crippen molar-refractivity contribution in [3.63, 3.8) is 0 Å². The van der Waals surface area contributed by atoms with Gasteiger partial charge in [-0.1, -0.05) is 208 Å². The van der Waals surface area contributed by atoms with E-state index in [2.05, 4.69) is 79.9 Å². The van der Waals surface area contributed by atoms with Gasteiger partial charge in [-0.25, -0.2) is 4.57 Å². The lowest BCUT2D eigenvalue weighted by Gasteiger charge is -2.25. The Morgan fingerprint density at radius 1 is 0.574 bits per heavy atom. The van der Waals surface area contributed by atoms with Crippen molar-refractivity contribution in [2.75, 3.05) is 40.9 Å². The van der Waals surface area contributed by atoms with Gasteiger partial charge in [0.2, 0.25) is 5.91 Å². The van der Waals surface area contributed by atoms with Gasteiger partial charge in [0.1, 0.15) is 13.2 Å². The first kappa shape index (κ1) is 58.7. The molecule has 0 fully saturated rings. The minimum Gasteiger partial charge on any atom is -0.387 e. The topological polar surface area (TPSA) is 105 Å². The number of nitrogens with zero attached hydrogens (tertiary/aromatic N) is 1. The lowest BCUT2D eigenvalue weighted by atomic mass is 10.0. The average molecular weight is 874 g/mol. The lowest BCUT2D eigenvalue weighted by Crippen LogP contribution is -2.45. The SMILES string of the molecule is CC/C=C\C/C=C\C/C=C\C/C=C\C/C=C\CC(=O)NC(COP(=O)(O)OCC[N+](C)(C)C)C(O)/C=C/CC/C=C/CCCCCCCCCCCCCCCCCCCC. The second kappa shape index (κ2) is 43.0. The van der Waals surface area contributed by atoms with E-state index in [1.165, 1.54) is 116 Å². The van der Waals surface area contributed by atoms with Crippen molar-refractivity contribution >= 4 is 13.7 Å². The Labute approximate surface area is 376 Å². The number of hydrogen-bond acceptors (Lipinski definition) is 5. The van der Waals surface area contributed by atoms with Gasteiger partial charge in [-0.05, 0) is 57.8 Å². The number of rotatable bonds is 43. The highest BCUT2D eigenvalue weighted by atomic mass is 31.2. The fourth-order valence-corrected chi connectivity index (χ4v) is 7.27. The zero-order valence-corrected chi connectivity index (χ0v) is 40.8. The monoisotopic (exact) mass is 874 g/mol. The van der Waals surface area contributed by atoms with Gasteiger partial charge in [-0.3, -0.25) is 13.8 Å². The number of aliphatic hydroxyl groups is 1. The van der Waals surface area contributed by atoms with Crippen LogP contribution in [0.5, 0.6) is 0 Å². The summed E-state index contributed by atoms with van der Waals surface area (Å²) in [4.78, 5) is 23.1. The van der Waals surface area contributed by atoms with Crippen LogP contribution in [0.25, 0.3) is 0 Å². The van der Waals surface area contributed by atoms with Gasteiger partial charge in [-0.15, -0.1) is 0 Å². The number of unbranched alkanes of at least 4 members (excludes halogenated alkanes) is 19. The van der Waals surface area contributed by atoms with E-state index >= 15 is 0 Å². The van der Waals surface area contributed by atoms with Crippen LogP contribution >= 0.6 is 7.82 Å². The Hall–Kier alpha value is -2.32. The van der Waals surface area contributed by atoms with Gasteiger partial charge < -0.3 is 19.8 Å². The summed E-state index contributed by atoms with van der Waals surface area (Å²) in [7, 11) is 1.49. The van der Waals surface area contributed by atoms with Crippen LogP contribution in [0.1, 0.15) is 187 Å². The minimum atomic E-state index is -4.38. The van der Waals surface area contributed by atoms with Crippen molar-refractivity contribution in [3.05, 3.63) is 85.1 Å². The fourth-order valence-electron chi connectivity index (χ4n) is 6.54. The van der Waals surface area contributed by atoms with E-state index < -0.39 is 20.0 Å². The summed E-state index contributed by atoms with van der Waals surface area (Å²) < 4.78 is 23.5. The molecule has 0 rings (SSSR count). The maximum atomic E-state index is 12.8. The quantitative estimate of drug-likeness (QED) is 0.0244. The molecule has 8 nitrogen and oxygen atoms in total. The Morgan fingerprint density at radius 3 is 1.48 bits per heavy atom. The summed E-state index contributed by atoms with van der Waals surface area (Å²) >= 11 is 0. The molecule has 0 saturated carbocycles. The predicted molar refractivity (Wildman–Crippen MR) is 263 cm³/mol. The third kappa shape index (κ3) is 45.5. The molecule has 3 atom stereocenters. The summed E-state index contributed by atoms with van der Waals surface area (Å²) in [6.45, 7) is 4.60. The molecule has 0 aliphatic heterocycles. The van der Waals surface area contributed by atoms with E-state index in [1.54, 1.807) is 12.2 Å². The van der Waals surface area contributed by atoms with Crippen LogP contribution in [0.3, 0.4) is 0 Å². The van der Waals surface area contributed by atoms with Gasteiger partial charge in [0.05, 0.1) is 39.9 Å². The summed E-state index contributed by atoms with van der Waals surface area (Å²) in [6, 6.07) is -0.922.